The lowest BCUT2D eigenvalue weighted by molar-refractivity contribution is -0.112. The Balaban J connectivity index is 1.35. The molecule has 0 fully saturated rings. The van der Waals surface area contributed by atoms with E-state index in [1.54, 1.807) is 36.4 Å². The zero-order chi connectivity index (χ0) is 25.2. The quantitative estimate of drug-likeness (QED) is 0.216. The van der Waals surface area contributed by atoms with Gasteiger partial charge in [-0.25, -0.2) is 0 Å². The predicted molar refractivity (Wildman–Crippen MR) is 141 cm³/mol. The molecular weight excluding hydrogens is 448 g/mol. The molecule has 0 spiro atoms. The van der Waals surface area contributed by atoms with Crippen LogP contribution >= 0.6 is 0 Å². The van der Waals surface area contributed by atoms with E-state index in [-0.39, 0.29) is 5.57 Å². The Morgan fingerprint density at radius 2 is 1.47 bits per heavy atom. The third-order valence-electron chi connectivity index (χ3n) is 5.42. The van der Waals surface area contributed by atoms with Gasteiger partial charge in [0.15, 0.2) is 0 Å². The molecule has 0 atom stereocenters. The lowest BCUT2D eigenvalue weighted by Crippen LogP contribution is -2.13. The molecule has 0 unspecified atom stereocenters. The summed E-state index contributed by atoms with van der Waals surface area (Å²) >= 11 is 0. The SMILES string of the molecule is Cc1ccc(COc2cccc(/C=C(/C#N)C(=O)Nc3ccc(OCc4ccccc4)cc3)c2)cc1. The first kappa shape index (κ1) is 24.3. The number of benzene rings is 4. The van der Waals surface area contributed by atoms with Gasteiger partial charge in [-0.2, -0.15) is 5.26 Å². The van der Waals surface area contributed by atoms with Crippen LogP contribution in [0.3, 0.4) is 0 Å². The van der Waals surface area contributed by atoms with Gasteiger partial charge in [0.2, 0.25) is 0 Å². The van der Waals surface area contributed by atoms with E-state index in [2.05, 4.69) is 5.32 Å². The van der Waals surface area contributed by atoms with Crippen molar-refractivity contribution in [2.24, 2.45) is 0 Å². The molecule has 1 N–H and O–H groups in total. The number of amides is 1. The number of rotatable bonds is 9. The number of carbonyl (C=O) groups excluding carboxylic acids is 1. The Morgan fingerprint density at radius 3 is 2.17 bits per heavy atom. The van der Waals surface area contributed by atoms with Gasteiger partial charge in [0.05, 0.1) is 0 Å². The van der Waals surface area contributed by atoms with Crippen molar-refractivity contribution in [3.63, 3.8) is 0 Å². The van der Waals surface area contributed by atoms with Crippen molar-refractivity contribution in [3.8, 4) is 17.6 Å². The Bertz CT molecular complexity index is 1370. The van der Waals surface area contributed by atoms with E-state index in [9.17, 15) is 10.1 Å². The lowest BCUT2D eigenvalue weighted by atomic mass is 10.1. The van der Waals surface area contributed by atoms with Crippen LogP contribution in [-0.4, -0.2) is 5.91 Å². The van der Waals surface area contributed by atoms with E-state index in [1.807, 2.05) is 85.8 Å². The van der Waals surface area contributed by atoms with Crippen LogP contribution in [-0.2, 0) is 18.0 Å². The van der Waals surface area contributed by atoms with Gasteiger partial charge in [0.25, 0.3) is 5.91 Å². The molecule has 1 amide bonds. The minimum Gasteiger partial charge on any atom is -0.489 e. The number of nitriles is 1. The van der Waals surface area contributed by atoms with Crippen LogP contribution in [0.4, 0.5) is 5.69 Å². The molecule has 178 valence electrons. The highest BCUT2D eigenvalue weighted by Crippen LogP contribution is 2.20. The van der Waals surface area contributed by atoms with Crippen molar-refractivity contribution < 1.29 is 14.3 Å². The molecule has 36 heavy (non-hydrogen) atoms. The van der Waals surface area contributed by atoms with E-state index in [4.69, 9.17) is 9.47 Å². The van der Waals surface area contributed by atoms with Crippen LogP contribution in [0, 0.1) is 18.3 Å². The normalized spacial score (nSPS) is 10.8. The average molecular weight is 475 g/mol. The number of anilines is 1. The molecule has 0 heterocycles. The molecular formula is C31H26N2O3. The predicted octanol–water partition coefficient (Wildman–Crippen LogP) is 6.70. The fraction of sp³-hybridized carbons (Fsp3) is 0.0968. The third-order valence-corrected chi connectivity index (χ3v) is 5.42. The summed E-state index contributed by atoms with van der Waals surface area (Å²) in [6.45, 7) is 2.94. The molecule has 0 saturated carbocycles. The monoisotopic (exact) mass is 474 g/mol. The Labute approximate surface area is 211 Å². The summed E-state index contributed by atoms with van der Waals surface area (Å²) in [5.41, 5.74) is 4.60. The summed E-state index contributed by atoms with van der Waals surface area (Å²) in [5, 5.41) is 12.3. The highest BCUT2D eigenvalue weighted by atomic mass is 16.5. The lowest BCUT2D eigenvalue weighted by Gasteiger charge is -2.09. The molecule has 0 bridgehead atoms. The van der Waals surface area contributed by atoms with Crippen molar-refractivity contribution >= 4 is 17.7 Å². The molecule has 4 aromatic carbocycles. The van der Waals surface area contributed by atoms with Crippen molar-refractivity contribution in [1.29, 1.82) is 5.26 Å². The van der Waals surface area contributed by atoms with Crippen LogP contribution < -0.4 is 14.8 Å². The molecule has 0 radical (unpaired) electrons. The topological polar surface area (TPSA) is 71.3 Å². The second kappa shape index (κ2) is 12.0. The first-order valence-electron chi connectivity index (χ1n) is 11.6. The highest BCUT2D eigenvalue weighted by Gasteiger charge is 2.10. The summed E-state index contributed by atoms with van der Waals surface area (Å²) < 4.78 is 11.7. The fourth-order valence-electron chi connectivity index (χ4n) is 3.43. The molecule has 0 aliphatic carbocycles. The van der Waals surface area contributed by atoms with Gasteiger partial charge in [-0.15, -0.1) is 0 Å². The smallest absolute Gasteiger partial charge is 0.266 e. The molecule has 0 aromatic heterocycles. The van der Waals surface area contributed by atoms with Crippen LogP contribution in [0.15, 0.2) is 109 Å². The van der Waals surface area contributed by atoms with Crippen molar-refractivity contribution in [2.45, 2.75) is 20.1 Å². The van der Waals surface area contributed by atoms with Gasteiger partial charge in [0.1, 0.15) is 36.4 Å². The minimum absolute atomic E-state index is 0.00455. The number of hydrogen-bond acceptors (Lipinski definition) is 4. The summed E-state index contributed by atoms with van der Waals surface area (Å²) in [6.07, 6.45) is 1.55. The molecule has 0 aliphatic heterocycles. The molecule has 4 rings (SSSR count). The van der Waals surface area contributed by atoms with Crippen molar-refractivity contribution in [2.75, 3.05) is 5.32 Å². The molecule has 5 heteroatoms. The number of carbonyl (C=O) groups is 1. The Morgan fingerprint density at radius 1 is 0.806 bits per heavy atom. The number of nitrogens with one attached hydrogen (secondary N) is 1. The van der Waals surface area contributed by atoms with E-state index in [0.717, 1.165) is 11.1 Å². The Kier molecular flexibility index (Phi) is 8.14. The van der Waals surface area contributed by atoms with Gasteiger partial charge >= 0.3 is 0 Å². The van der Waals surface area contributed by atoms with E-state index in [1.165, 1.54) is 5.56 Å². The van der Waals surface area contributed by atoms with Gasteiger partial charge in [-0.05, 0) is 66.1 Å². The largest absolute Gasteiger partial charge is 0.489 e. The molecule has 0 saturated heterocycles. The zero-order valence-electron chi connectivity index (χ0n) is 20.0. The maximum absolute atomic E-state index is 12.7. The highest BCUT2D eigenvalue weighted by molar-refractivity contribution is 6.09. The second-order valence-electron chi connectivity index (χ2n) is 8.27. The molecule has 0 aliphatic rings. The van der Waals surface area contributed by atoms with Crippen LogP contribution in [0.1, 0.15) is 22.3 Å². The van der Waals surface area contributed by atoms with Gasteiger partial charge in [-0.3, -0.25) is 4.79 Å². The minimum atomic E-state index is -0.485. The van der Waals surface area contributed by atoms with Gasteiger partial charge in [0, 0.05) is 5.69 Å². The maximum Gasteiger partial charge on any atom is 0.266 e. The number of nitrogens with zero attached hydrogens (tertiary/aromatic N) is 1. The van der Waals surface area contributed by atoms with Gasteiger partial charge < -0.3 is 14.8 Å². The molecule has 5 nitrogen and oxygen atoms in total. The summed E-state index contributed by atoms with van der Waals surface area (Å²) in [4.78, 5) is 12.7. The van der Waals surface area contributed by atoms with Crippen LogP contribution in [0.25, 0.3) is 6.08 Å². The van der Waals surface area contributed by atoms with E-state index >= 15 is 0 Å². The van der Waals surface area contributed by atoms with E-state index in [0.29, 0.717) is 36.0 Å². The summed E-state index contributed by atoms with van der Waals surface area (Å²) in [6, 6.07) is 34.4. The van der Waals surface area contributed by atoms with Crippen LogP contribution in [0.2, 0.25) is 0 Å². The van der Waals surface area contributed by atoms with Crippen molar-refractivity contribution in [1.82, 2.24) is 0 Å². The fourth-order valence-corrected chi connectivity index (χ4v) is 3.43. The summed E-state index contributed by atoms with van der Waals surface area (Å²) in [5.74, 6) is 0.866. The average Bonchev–Trinajstić information content (AvgIpc) is 2.92. The van der Waals surface area contributed by atoms with Crippen LogP contribution in [0.5, 0.6) is 11.5 Å². The zero-order valence-corrected chi connectivity index (χ0v) is 20.0. The number of hydrogen-bond donors (Lipinski definition) is 1. The number of ether oxygens (including phenoxy) is 2. The number of aryl methyl sites for hydroxylation is 1. The Hall–Kier alpha value is -4.82. The first-order chi connectivity index (χ1) is 17.6. The first-order valence-corrected chi connectivity index (χ1v) is 11.6. The maximum atomic E-state index is 12.7. The third kappa shape index (κ3) is 7.09. The summed E-state index contributed by atoms with van der Waals surface area (Å²) in [7, 11) is 0. The van der Waals surface area contributed by atoms with E-state index < -0.39 is 5.91 Å². The van der Waals surface area contributed by atoms with Crippen molar-refractivity contribution in [3.05, 3.63) is 131 Å². The van der Waals surface area contributed by atoms with Gasteiger partial charge in [-0.1, -0.05) is 72.3 Å². The standard InChI is InChI=1S/C31H26N2O3/c1-23-10-12-25(13-11-23)22-36-30-9-5-8-26(19-30)18-27(20-32)31(34)33-28-14-16-29(17-15-28)35-21-24-6-3-2-4-7-24/h2-19H,21-22H2,1H3,(H,33,34)/b27-18-. The second-order valence-corrected chi connectivity index (χ2v) is 8.27. The molecule has 4 aromatic rings.